The summed E-state index contributed by atoms with van der Waals surface area (Å²) in [5.41, 5.74) is 0. The van der Waals surface area contributed by atoms with Gasteiger partial charge >= 0.3 is 5.97 Å². The second kappa shape index (κ2) is 6.05. The third-order valence-electron chi connectivity index (χ3n) is 2.94. The molecule has 1 rings (SSSR count). The van der Waals surface area contributed by atoms with E-state index >= 15 is 0 Å². The van der Waals surface area contributed by atoms with Gasteiger partial charge in [0.2, 0.25) is 0 Å². The van der Waals surface area contributed by atoms with Gasteiger partial charge < -0.3 is 20.6 Å². The maximum Gasteiger partial charge on any atom is 0.306 e. The van der Waals surface area contributed by atoms with E-state index in [4.69, 9.17) is 15.3 Å². The monoisotopic (exact) mass is 217 g/mol. The van der Waals surface area contributed by atoms with E-state index < -0.39 is 5.97 Å². The first kappa shape index (κ1) is 12.4. The molecule has 0 bridgehead atoms. The molecule has 0 aromatic carbocycles. The van der Waals surface area contributed by atoms with Gasteiger partial charge in [0.25, 0.3) is 0 Å². The number of carbonyl (C=O) groups is 1. The highest BCUT2D eigenvalue weighted by molar-refractivity contribution is 5.70. The number of carboxylic acids is 1. The Kier molecular flexibility index (Phi) is 5.01. The molecule has 4 N–H and O–H groups in total. The Hall–Kier alpha value is -0.650. The second-order valence-electron chi connectivity index (χ2n) is 4.13. The van der Waals surface area contributed by atoms with Crippen LogP contribution in [0.15, 0.2) is 0 Å². The number of aliphatic carboxylic acids is 1. The predicted octanol–water partition coefficient (Wildman–Crippen LogP) is -0.427. The van der Waals surface area contributed by atoms with E-state index in [1.807, 2.05) is 0 Å². The number of hydrogen-bond acceptors (Lipinski definition) is 4. The number of hydrogen-bond donors (Lipinski definition) is 4. The molecule has 0 amide bonds. The molecule has 88 valence electrons. The third kappa shape index (κ3) is 3.77. The van der Waals surface area contributed by atoms with Crippen molar-refractivity contribution in [3.8, 4) is 0 Å². The van der Waals surface area contributed by atoms with Gasteiger partial charge in [0.05, 0.1) is 25.2 Å². The minimum atomic E-state index is -0.744. The summed E-state index contributed by atoms with van der Waals surface area (Å²) in [5.74, 6) is -1.03. The van der Waals surface area contributed by atoms with E-state index in [2.05, 4.69) is 5.32 Å². The van der Waals surface area contributed by atoms with Crippen LogP contribution >= 0.6 is 0 Å². The lowest BCUT2D eigenvalue weighted by molar-refractivity contribution is -0.143. The lowest BCUT2D eigenvalue weighted by Crippen LogP contribution is -2.45. The zero-order chi connectivity index (χ0) is 11.3. The average Bonchev–Trinajstić information content (AvgIpc) is 2.26. The van der Waals surface area contributed by atoms with Crippen LogP contribution in [0.25, 0.3) is 0 Å². The van der Waals surface area contributed by atoms with Crippen molar-refractivity contribution in [3.05, 3.63) is 0 Å². The Morgan fingerprint density at radius 3 is 2.53 bits per heavy atom. The highest BCUT2D eigenvalue weighted by Gasteiger charge is 2.27. The lowest BCUT2D eigenvalue weighted by atomic mass is 9.85. The summed E-state index contributed by atoms with van der Waals surface area (Å²) in [7, 11) is 0. The van der Waals surface area contributed by atoms with Crippen molar-refractivity contribution in [2.24, 2.45) is 5.92 Å². The van der Waals surface area contributed by atoms with Crippen molar-refractivity contribution in [2.75, 3.05) is 13.2 Å². The summed E-state index contributed by atoms with van der Waals surface area (Å²) in [6.07, 6.45) is 3.13. The number of nitrogens with one attached hydrogen (secondary N) is 1. The molecule has 1 aliphatic carbocycles. The van der Waals surface area contributed by atoms with Crippen LogP contribution in [0.1, 0.15) is 25.7 Å². The van der Waals surface area contributed by atoms with Gasteiger partial charge in [-0.15, -0.1) is 0 Å². The highest BCUT2D eigenvalue weighted by Crippen LogP contribution is 2.24. The third-order valence-corrected chi connectivity index (χ3v) is 2.94. The van der Waals surface area contributed by atoms with Crippen LogP contribution in [0.4, 0.5) is 0 Å². The molecule has 0 aromatic rings. The summed E-state index contributed by atoms with van der Waals surface area (Å²) in [4.78, 5) is 10.8. The fourth-order valence-corrected chi connectivity index (χ4v) is 2.06. The van der Waals surface area contributed by atoms with Crippen LogP contribution in [0.5, 0.6) is 0 Å². The molecular formula is C10H19NO4. The van der Waals surface area contributed by atoms with E-state index in [0.717, 1.165) is 19.3 Å². The fraction of sp³-hybridized carbons (Fsp3) is 0.900. The number of carboxylic acid groups (broad SMARTS) is 1. The van der Waals surface area contributed by atoms with Crippen molar-refractivity contribution < 1.29 is 20.1 Å². The van der Waals surface area contributed by atoms with Crippen LogP contribution in [0.3, 0.4) is 0 Å². The molecule has 0 aliphatic heterocycles. The maximum absolute atomic E-state index is 10.8. The second-order valence-corrected chi connectivity index (χ2v) is 4.13. The maximum atomic E-state index is 10.8. The number of aliphatic hydroxyl groups excluding tert-OH is 2. The van der Waals surface area contributed by atoms with Crippen molar-refractivity contribution in [3.63, 3.8) is 0 Å². The molecule has 0 radical (unpaired) electrons. The molecule has 0 heterocycles. The van der Waals surface area contributed by atoms with Gasteiger partial charge in [-0.3, -0.25) is 4.79 Å². The SMILES string of the molecule is O=C(O)C1CCCC(NC(CO)CO)C1. The summed E-state index contributed by atoms with van der Waals surface area (Å²) in [5, 5.41) is 29.7. The molecule has 15 heavy (non-hydrogen) atoms. The van der Waals surface area contributed by atoms with Gasteiger partial charge in [-0.1, -0.05) is 6.42 Å². The number of aliphatic hydroxyl groups is 2. The standard InChI is InChI=1S/C10H19NO4/c12-5-9(6-13)11-8-3-1-2-7(4-8)10(14)15/h7-9,11-13H,1-6H2,(H,14,15). The molecule has 5 nitrogen and oxygen atoms in total. The first-order chi connectivity index (χ1) is 7.17. The Morgan fingerprint density at radius 2 is 2.00 bits per heavy atom. The zero-order valence-corrected chi connectivity index (χ0v) is 8.72. The smallest absolute Gasteiger partial charge is 0.306 e. The molecule has 5 heteroatoms. The largest absolute Gasteiger partial charge is 0.481 e. The Labute approximate surface area is 89.1 Å². The lowest BCUT2D eigenvalue weighted by Gasteiger charge is -2.30. The van der Waals surface area contributed by atoms with Gasteiger partial charge in [0.15, 0.2) is 0 Å². The average molecular weight is 217 g/mol. The van der Waals surface area contributed by atoms with Crippen LogP contribution < -0.4 is 5.32 Å². The zero-order valence-electron chi connectivity index (χ0n) is 8.72. The molecule has 1 saturated carbocycles. The first-order valence-corrected chi connectivity index (χ1v) is 5.38. The highest BCUT2D eigenvalue weighted by atomic mass is 16.4. The Bertz CT molecular complexity index is 206. The van der Waals surface area contributed by atoms with E-state index in [0.29, 0.717) is 6.42 Å². The Balaban J connectivity index is 2.38. The summed E-state index contributed by atoms with van der Waals surface area (Å²) in [6.45, 7) is -0.241. The van der Waals surface area contributed by atoms with Crippen molar-refractivity contribution >= 4 is 5.97 Å². The molecular weight excluding hydrogens is 198 g/mol. The van der Waals surface area contributed by atoms with E-state index in [1.54, 1.807) is 0 Å². The van der Waals surface area contributed by atoms with E-state index in [9.17, 15) is 4.79 Å². The van der Waals surface area contributed by atoms with Crippen LogP contribution in [-0.2, 0) is 4.79 Å². The van der Waals surface area contributed by atoms with Crippen LogP contribution in [0.2, 0.25) is 0 Å². The molecule has 0 aromatic heterocycles. The topological polar surface area (TPSA) is 89.8 Å². The molecule has 1 fully saturated rings. The summed E-state index contributed by atoms with van der Waals surface area (Å²) in [6, 6.07) is -0.230. The van der Waals surface area contributed by atoms with E-state index in [1.165, 1.54) is 0 Å². The normalized spacial score (nSPS) is 26.9. The molecule has 2 unspecified atom stereocenters. The van der Waals surface area contributed by atoms with Crippen molar-refractivity contribution in [2.45, 2.75) is 37.8 Å². The minimum Gasteiger partial charge on any atom is -0.481 e. The van der Waals surface area contributed by atoms with Crippen LogP contribution in [-0.4, -0.2) is 46.6 Å². The first-order valence-electron chi connectivity index (χ1n) is 5.38. The molecule has 0 saturated heterocycles. The summed E-state index contributed by atoms with van der Waals surface area (Å²) < 4.78 is 0. The molecule has 1 aliphatic rings. The molecule has 0 spiro atoms. The van der Waals surface area contributed by atoms with Gasteiger partial charge in [-0.05, 0) is 19.3 Å². The molecule has 2 atom stereocenters. The van der Waals surface area contributed by atoms with Gasteiger partial charge in [0.1, 0.15) is 0 Å². The van der Waals surface area contributed by atoms with Gasteiger partial charge in [0, 0.05) is 6.04 Å². The summed E-state index contributed by atoms with van der Waals surface area (Å²) >= 11 is 0. The quantitative estimate of drug-likeness (QED) is 0.502. The van der Waals surface area contributed by atoms with Gasteiger partial charge in [-0.2, -0.15) is 0 Å². The predicted molar refractivity (Wildman–Crippen MR) is 54.5 cm³/mol. The Morgan fingerprint density at radius 1 is 1.33 bits per heavy atom. The van der Waals surface area contributed by atoms with Gasteiger partial charge in [-0.25, -0.2) is 0 Å². The van der Waals surface area contributed by atoms with E-state index in [-0.39, 0.29) is 31.2 Å². The van der Waals surface area contributed by atoms with Crippen molar-refractivity contribution in [1.29, 1.82) is 0 Å². The fourth-order valence-electron chi connectivity index (χ4n) is 2.06. The minimum absolute atomic E-state index is 0.101. The number of rotatable bonds is 5. The van der Waals surface area contributed by atoms with Crippen molar-refractivity contribution in [1.82, 2.24) is 5.32 Å². The van der Waals surface area contributed by atoms with Crippen LogP contribution in [0, 0.1) is 5.92 Å².